The van der Waals surface area contributed by atoms with Crippen LogP contribution in [-0.2, 0) is 40.8 Å². The molecule has 0 aliphatic heterocycles. The first-order valence-corrected chi connectivity index (χ1v) is 18.8. The van der Waals surface area contributed by atoms with Crippen LogP contribution in [0.4, 0.5) is 32.2 Å². The molecular formula is C35H27ClF6N8O4S. The first-order chi connectivity index (χ1) is 25.9. The van der Waals surface area contributed by atoms with Gasteiger partial charge in [0.15, 0.2) is 5.82 Å². The van der Waals surface area contributed by atoms with Crippen molar-refractivity contribution < 1.29 is 39.6 Å². The number of amides is 1. The molecule has 55 heavy (non-hydrogen) atoms. The minimum atomic E-state index is -3.84. The molecule has 1 fully saturated rings. The number of fused-ring (bicyclic) bond motifs is 5. The second-order valence-electron chi connectivity index (χ2n) is 13.6. The van der Waals surface area contributed by atoms with E-state index in [-0.39, 0.29) is 68.0 Å². The largest absolute Gasteiger partial charge is 0.346 e. The molecule has 1 amide bonds. The van der Waals surface area contributed by atoms with E-state index in [9.17, 15) is 35.6 Å². The summed E-state index contributed by atoms with van der Waals surface area (Å²) in [6, 6.07) is 8.50. The molecule has 8 rings (SSSR count). The molecule has 0 saturated heterocycles. The zero-order chi connectivity index (χ0) is 39.3. The van der Waals surface area contributed by atoms with Crippen molar-refractivity contribution in [3.8, 4) is 11.1 Å². The van der Waals surface area contributed by atoms with Crippen LogP contribution in [-0.4, -0.2) is 50.1 Å². The van der Waals surface area contributed by atoms with Gasteiger partial charge in [-0.05, 0) is 54.7 Å². The topological polar surface area (TPSA) is 157 Å². The highest BCUT2D eigenvalue weighted by Gasteiger charge is 2.67. The fourth-order valence-electron chi connectivity index (χ4n) is 7.56. The lowest BCUT2D eigenvalue weighted by Gasteiger charge is -2.23. The predicted octanol–water partition coefficient (Wildman–Crippen LogP) is 6.22. The molecule has 2 aliphatic carbocycles. The number of benzene rings is 2. The highest BCUT2D eigenvalue weighted by Crippen LogP contribution is 2.68. The molecule has 4 aromatic heterocycles. The van der Waals surface area contributed by atoms with Crippen molar-refractivity contribution in [2.24, 2.45) is 13.0 Å². The van der Waals surface area contributed by atoms with E-state index in [1.54, 1.807) is 6.07 Å². The van der Waals surface area contributed by atoms with E-state index in [0.717, 1.165) is 18.4 Å². The van der Waals surface area contributed by atoms with Crippen molar-refractivity contribution in [3.63, 3.8) is 0 Å². The number of hydrogen-bond donors (Lipinski definition) is 3. The van der Waals surface area contributed by atoms with Gasteiger partial charge in [0.05, 0.1) is 45.0 Å². The molecule has 1 unspecified atom stereocenters. The summed E-state index contributed by atoms with van der Waals surface area (Å²) < 4.78 is 116. The number of aryl methyl sites for hydroxylation is 1. The van der Waals surface area contributed by atoms with Crippen molar-refractivity contribution in [2.45, 2.75) is 43.7 Å². The number of aromatic nitrogens is 6. The van der Waals surface area contributed by atoms with Gasteiger partial charge >= 0.3 is 0 Å². The van der Waals surface area contributed by atoms with Gasteiger partial charge in [-0.2, -0.15) is 19.0 Å². The number of pyridine rings is 2. The average molecular weight is 805 g/mol. The molecule has 20 heteroatoms. The quantitative estimate of drug-likeness (QED) is 0.139. The van der Waals surface area contributed by atoms with E-state index in [1.165, 1.54) is 36.0 Å². The highest BCUT2D eigenvalue weighted by atomic mass is 35.5. The maximum Gasteiger partial charge on any atom is 0.293 e. The van der Waals surface area contributed by atoms with Crippen LogP contribution in [0.3, 0.4) is 0 Å². The Labute approximate surface area is 311 Å². The minimum Gasteiger partial charge on any atom is -0.346 e. The average Bonchev–Trinajstić information content (AvgIpc) is 3.62. The Balaban J connectivity index is 1.29. The standard InChI is InChI=1S/C35H27ClF6N8O4S/c1-49-31-17(3-4-21(36)28(31)34(47-49)48-55(2,53)54)18-12-23-22(5-6-25(51)43-23)45-29(18)24(9-14-7-15(37)10-16(38)8-14)44-26(52)13-50-32-27(30(46-50)33(39)40)19-11-20(19)35(32,41)42/h3-8,10,12,19-20,24,33H,9,11,13H2,1-2H3,(H,43,51)(H,44,52)(H,47,48)/t19?,20-,24+/m1/s1. The molecule has 3 N–H and O–H groups in total. The summed E-state index contributed by atoms with van der Waals surface area (Å²) in [5.41, 5.74) is -1.01. The van der Waals surface area contributed by atoms with Crippen LogP contribution in [0.1, 0.15) is 53.0 Å². The van der Waals surface area contributed by atoms with Crippen molar-refractivity contribution in [3.05, 3.63) is 104 Å². The first kappa shape index (κ1) is 36.5. The predicted molar refractivity (Wildman–Crippen MR) is 188 cm³/mol. The van der Waals surface area contributed by atoms with Gasteiger partial charge in [-0.25, -0.2) is 31.0 Å². The monoisotopic (exact) mass is 804 g/mol. The molecule has 286 valence electrons. The van der Waals surface area contributed by atoms with E-state index >= 15 is 8.78 Å². The summed E-state index contributed by atoms with van der Waals surface area (Å²) in [6.45, 7) is -0.915. The second-order valence-corrected chi connectivity index (χ2v) is 15.8. The smallest absolute Gasteiger partial charge is 0.293 e. The fourth-order valence-corrected chi connectivity index (χ4v) is 8.29. The Hall–Kier alpha value is -5.43. The van der Waals surface area contributed by atoms with Crippen molar-refractivity contribution in [1.82, 2.24) is 34.8 Å². The molecular weight excluding hydrogens is 778 g/mol. The maximum absolute atomic E-state index is 15.4. The van der Waals surface area contributed by atoms with Crippen LogP contribution in [0.2, 0.25) is 5.02 Å². The zero-order valence-electron chi connectivity index (χ0n) is 28.5. The van der Waals surface area contributed by atoms with E-state index in [2.05, 4.69) is 25.2 Å². The first-order valence-electron chi connectivity index (χ1n) is 16.6. The summed E-state index contributed by atoms with van der Waals surface area (Å²) in [6.07, 6.45) is -2.56. The van der Waals surface area contributed by atoms with E-state index in [4.69, 9.17) is 16.6 Å². The third kappa shape index (κ3) is 6.47. The lowest BCUT2D eigenvalue weighted by atomic mass is 9.93. The number of rotatable bonds is 10. The number of aromatic amines is 1. The number of carbonyl (C=O) groups excluding carboxylic acids is 1. The van der Waals surface area contributed by atoms with Gasteiger partial charge in [0, 0.05) is 41.8 Å². The summed E-state index contributed by atoms with van der Waals surface area (Å²) in [5.74, 6) is -8.42. The van der Waals surface area contributed by atoms with Gasteiger partial charge in [0.1, 0.15) is 29.6 Å². The number of anilines is 1. The van der Waals surface area contributed by atoms with Gasteiger partial charge in [0.25, 0.3) is 12.3 Å². The van der Waals surface area contributed by atoms with Gasteiger partial charge in [-0.15, -0.1) is 0 Å². The number of halogens is 7. The van der Waals surface area contributed by atoms with Gasteiger partial charge < -0.3 is 10.3 Å². The Bertz CT molecular complexity index is 2750. The number of sulfonamides is 1. The third-order valence-corrected chi connectivity index (χ3v) is 10.6. The lowest BCUT2D eigenvalue weighted by Crippen LogP contribution is -2.35. The zero-order valence-corrected chi connectivity index (χ0v) is 30.0. The molecule has 0 radical (unpaired) electrons. The summed E-state index contributed by atoms with van der Waals surface area (Å²) in [4.78, 5) is 33.7. The molecule has 4 heterocycles. The number of carbonyl (C=O) groups is 1. The van der Waals surface area contributed by atoms with Crippen LogP contribution in [0.25, 0.3) is 33.1 Å². The summed E-state index contributed by atoms with van der Waals surface area (Å²) in [5, 5.41) is 11.0. The van der Waals surface area contributed by atoms with Gasteiger partial charge in [-0.3, -0.25) is 23.7 Å². The molecule has 3 atom stereocenters. The molecule has 6 aromatic rings. The lowest BCUT2D eigenvalue weighted by molar-refractivity contribution is -0.123. The van der Waals surface area contributed by atoms with E-state index in [1.807, 2.05) is 0 Å². The van der Waals surface area contributed by atoms with Crippen molar-refractivity contribution in [2.75, 3.05) is 11.0 Å². The number of alkyl halides is 4. The van der Waals surface area contributed by atoms with Crippen LogP contribution in [0.15, 0.2) is 53.3 Å². The molecule has 0 spiro atoms. The van der Waals surface area contributed by atoms with Crippen molar-refractivity contribution >= 4 is 55.3 Å². The number of nitrogens with one attached hydrogen (secondary N) is 3. The fraction of sp³-hybridized carbons (Fsp3) is 0.286. The molecule has 0 bridgehead atoms. The summed E-state index contributed by atoms with van der Waals surface area (Å²) in [7, 11) is -2.33. The Morgan fingerprint density at radius 1 is 1.05 bits per heavy atom. The minimum absolute atomic E-state index is 0.0198. The van der Waals surface area contributed by atoms with Gasteiger partial charge in [-0.1, -0.05) is 17.7 Å². The van der Waals surface area contributed by atoms with Gasteiger partial charge in [0.2, 0.25) is 21.5 Å². The second kappa shape index (κ2) is 12.8. The SMILES string of the molecule is Cn1nc(NS(C)(=O)=O)c2c(Cl)ccc(-c3cc4[nH]c(=O)ccc4nc3[C@H](Cc3cc(F)cc(F)c3)NC(=O)Cn3nc(C(F)F)c4c3C(F)(F)[C@@H]3CC43)c21. The van der Waals surface area contributed by atoms with Crippen LogP contribution >= 0.6 is 11.6 Å². The van der Waals surface area contributed by atoms with Crippen LogP contribution in [0, 0.1) is 17.6 Å². The van der Waals surface area contributed by atoms with Crippen molar-refractivity contribution in [1.29, 1.82) is 0 Å². The summed E-state index contributed by atoms with van der Waals surface area (Å²) >= 11 is 6.57. The third-order valence-electron chi connectivity index (χ3n) is 9.73. The number of H-pyrrole nitrogens is 1. The highest BCUT2D eigenvalue weighted by molar-refractivity contribution is 7.92. The Kier molecular flexibility index (Phi) is 8.52. The van der Waals surface area contributed by atoms with Crippen LogP contribution in [0.5, 0.6) is 0 Å². The molecule has 2 aromatic carbocycles. The normalized spacial score (nSPS) is 17.8. The van der Waals surface area contributed by atoms with E-state index in [0.29, 0.717) is 16.3 Å². The van der Waals surface area contributed by atoms with Crippen LogP contribution < -0.4 is 15.6 Å². The molecule has 2 aliphatic rings. The Morgan fingerprint density at radius 2 is 1.78 bits per heavy atom. The Morgan fingerprint density at radius 3 is 2.47 bits per heavy atom. The molecule has 1 saturated carbocycles. The molecule has 12 nitrogen and oxygen atoms in total. The number of hydrogen-bond acceptors (Lipinski definition) is 7. The maximum atomic E-state index is 15.4. The van der Waals surface area contributed by atoms with E-state index < -0.39 is 81.3 Å². The number of nitrogens with zero attached hydrogens (tertiary/aromatic N) is 5.